The highest BCUT2D eigenvalue weighted by atomic mass is 32.2. The van der Waals surface area contributed by atoms with Gasteiger partial charge in [-0.2, -0.15) is 0 Å². The molecule has 7 heteroatoms. The van der Waals surface area contributed by atoms with Gasteiger partial charge in [0, 0.05) is 6.04 Å². The van der Waals surface area contributed by atoms with E-state index in [1.807, 2.05) is 43.3 Å². The molecule has 6 nitrogen and oxygen atoms in total. The molecule has 1 atom stereocenters. The summed E-state index contributed by atoms with van der Waals surface area (Å²) in [5, 5.41) is 0. The molecule has 1 aromatic heterocycles. The first-order valence-electron chi connectivity index (χ1n) is 9.82. The molecule has 0 unspecified atom stereocenters. The van der Waals surface area contributed by atoms with Gasteiger partial charge in [0.1, 0.15) is 17.3 Å². The van der Waals surface area contributed by atoms with E-state index in [0.717, 1.165) is 5.76 Å². The number of amides is 1. The zero-order valence-electron chi connectivity index (χ0n) is 17.5. The standard InChI is InChI=1S/C22H29NO5S/c1-16-5-8-20(28-16)13-23(18-11-12-29(25,26)15-18)21(24)14-27-19-9-6-17(7-10-19)22(2,3)4/h5-10,18H,11-15H2,1-4H3/t18-/m0/s1. The summed E-state index contributed by atoms with van der Waals surface area (Å²) < 4.78 is 35.1. The second-order valence-corrected chi connectivity index (χ2v) is 10.9. The van der Waals surface area contributed by atoms with Gasteiger partial charge in [-0.15, -0.1) is 0 Å². The molecule has 0 bridgehead atoms. The van der Waals surface area contributed by atoms with E-state index in [1.54, 1.807) is 4.90 Å². The van der Waals surface area contributed by atoms with Crippen LogP contribution in [0.3, 0.4) is 0 Å². The van der Waals surface area contributed by atoms with Crippen molar-refractivity contribution in [2.45, 2.75) is 52.1 Å². The second kappa shape index (κ2) is 8.22. The van der Waals surface area contributed by atoms with Crippen LogP contribution in [-0.4, -0.2) is 43.4 Å². The Hall–Kier alpha value is -2.28. The van der Waals surface area contributed by atoms with Crippen molar-refractivity contribution in [1.82, 2.24) is 4.90 Å². The van der Waals surface area contributed by atoms with E-state index in [2.05, 4.69) is 20.8 Å². The minimum atomic E-state index is -3.11. The second-order valence-electron chi connectivity index (χ2n) is 8.65. The Bertz CT molecular complexity index is 954. The summed E-state index contributed by atoms with van der Waals surface area (Å²) in [5.41, 5.74) is 1.22. The third kappa shape index (κ3) is 5.63. The maximum Gasteiger partial charge on any atom is 0.261 e. The molecule has 29 heavy (non-hydrogen) atoms. The SMILES string of the molecule is Cc1ccc(CN(C(=O)COc2ccc(C(C)(C)C)cc2)[C@H]2CCS(=O)(=O)C2)o1. The summed E-state index contributed by atoms with van der Waals surface area (Å²) in [5.74, 6) is 1.84. The van der Waals surface area contributed by atoms with Crippen molar-refractivity contribution < 1.29 is 22.4 Å². The van der Waals surface area contributed by atoms with Crippen molar-refractivity contribution in [2.75, 3.05) is 18.1 Å². The van der Waals surface area contributed by atoms with Crippen LogP contribution >= 0.6 is 0 Å². The zero-order chi connectivity index (χ0) is 21.2. The van der Waals surface area contributed by atoms with Crippen LogP contribution in [0.5, 0.6) is 5.75 Å². The Morgan fingerprint density at radius 1 is 1.17 bits per heavy atom. The van der Waals surface area contributed by atoms with Gasteiger partial charge in [0.05, 0.1) is 18.1 Å². The van der Waals surface area contributed by atoms with Crippen molar-refractivity contribution in [3.05, 3.63) is 53.5 Å². The number of benzene rings is 1. The molecule has 1 aliphatic rings. The van der Waals surface area contributed by atoms with Crippen molar-refractivity contribution in [3.63, 3.8) is 0 Å². The topological polar surface area (TPSA) is 76.8 Å². The van der Waals surface area contributed by atoms with Crippen LogP contribution in [0.2, 0.25) is 0 Å². The summed E-state index contributed by atoms with van der Waals surface area (Å²) >= 11 is 0. The summed E-state index contributed by atoms with van der Waals surface area (Å²) in [4.78, 5) is 14.5. The highest BCUT2D eigenvalue weighted by Crippen LogP contribution is 2.25. The summed E-state index contributed by atoms with van der Waals surface area (Å²) in [6.07, 6.45) is 0.439. The molecule has 1 amide bonds. The van der Waals surface area contributed by atoms with E-state index >= 15 is 0 Å². The third-order valence-corrected chi connectivity index (χ3v) is 6.92. The predicted octanol–water partition coefficient (Wildman–Crippen LogP) is 3.48. The molecule has 1 aliphatic heterocycles. The molecular formula is C22H29NO5S. The number of aryl methyl sites for hydroxylation is 1. The number of hydrogen-bond acceptors (Lipinski definition) is 5. The fourth-order valence-corrected chi connectivity index (χ4v) is 5.19. The van der Waals surface area contributed by atoms with Gasteiger partial charge in [-0.25, -0.2) is 8.42 Å². The van der Waals surface area contributed by atoms with Crippen LogP contribution in [0.15, 0.2) is 40.8 Å². The molecule has 3 rings (SSSR count). The first kappa shape index (κ1) is 21.4. The van der Waals surface area contributed by atoms with Crippen molar-refractivity contribution in [1.29, 1.82) is 0 Å². The summed E-state index contributed by atoms with van der Waals surface area (Å²) in [6, 6.07) is 11.0. The van der Waals surface area contributed by atoms with Gasteiger partial charge in [0.15, 0.2) is 16.4 Å². The van der Waals surface area contributed by atoms with E-state index < -0.39 is 9.84 Å². The number of nitrogens with zero attached hydrogens (tertiary/aromatic N) is 1. The number of carbonyl (C=O) groups is 1. The van der Waals surface area contributed by atoms with Crippen LogP contribution < -0.4 is 4.74 Å². The normalized spacial score (nSPS) is 18.6. The van der Waals surface area contributed by atoms with Gasteiger partial charge < -0.3 is 14.1 Å². The predicted molar refractivity (Wildman–Crippen MR) is 112 cm³/mol. The quantitative estimate of drug-likeness (QED) is 0.716. The first-order valence-corrected chi connectivity index (χ1v) is 11.6. The third-order valence-electron chi connectivity index (χ3n) is 5.17. The number of hydrogen-bond donors (Lipinski definition) is 0. The van der Waals surface area contributed by atoms with Crippen LogP contribution in [0, 0.1) is 6.92 Å². The molecule has 1 fully saturated rings. The highest BCUT2D eigenvalue weighted by molar-refractivity contribution is 7.91. The molecule has 1 saturated heterocycles. The molecule has 0 radical (unpaired) electrons. The number of ether oxygens (including phenoxy) is 1. The molecular weight excluding hydrogens is 390 g/mol. The van der Waals surface area contributed by atoms with E-state index in [9.17, 15) is 13.2 Å². The van der Waals surface area contributed by atoms with E-state index in [4.69, 9.17) is 9.15 Å². The van der Waals surface area contributed by atoms with Crippen LogP contribution in [0.25, 0.3) is 0 Å². The number of furan rings is 1. The molecule has 2 aromatic rings. The lowest BCUT2D eigenvalue weighted by Crippen LogP contribution is -2.43. The van der Waals surface area contributed by atoms with Crippen molar-refractivity contribution >= 4 is 15.7 Å². The molecule has 0 spiro atoms. The Morgan fingerprint density at radius 2 is 1.86 bits per heavy atom. The number of rotatable bonds is 6. The van der Waals surface area contributed by atoms with E-state index in [-0.39, 0.29) is 42.0 Å². The lowest BCUT2D eigenvalue weighted by Gasteiger charge is -2.27. The average molecular weight is 420 g/mol. The Labute approximate surface area is 172 Å². The Morgan fingerprint density at radius 3 is 2.38 bits per heavy atom. The fourth-order valence-electron chi connectivity index (χ4n) is 3.46. The maximum absolute atomic E-state index is 12.9. The van der Waals surface area contributed by atoms with Gasteiger partial charge in [-0.3, -0.25) is 4.79 Å². The lowest BCUT2D eigenvalue weighted by atomic mass is 9.87. The maximum atomic E-state index is 12.9. The minimum Gasteiger partial charge on any atom is -0.484 e. The van der Waals surface area contributed by atoms with E-state index in [1.165, 1.54) is 5.56 Å². The first-order chi connectivity index (χ1) is 13.5. The fraction of sp³-hybridized carbons (Fsp3) is 0.500. The molecule has 0 aliphatic carbocycles. The smallest absolute Gasteiger partial charge is 0.261 e. The summed E-state index contributed by atoms with van der Waals surface area (Å²) in [6.45, 7) is 8.33. The zero-order valence-corrected chi connectivity index (χ0v) is 18.3. The van der Waals surface area contributed by atoms with Gasteiger partial charge in [0.2, 0.25) is 0 Å². The number of sulfone groups is 1. The summed E-state index contributed by atoms with van der Waals surface area (Å²) in [7, 11) is -3.11. The molecule has 158 valence electrons. The van der Waals surface area contributed by atoms with Gasteiger partial charge >= 0.3 is 0 Å². The lowest BCUT2D eigenvalue weighted by molar-refractivity contribution is -0.136. The van der Waals surface area contributed by atoms with Crippen LogP contribution in [0.1, 0.15) is 44.3 Å². The highest BCUT2D eigenvalue weighted by Gasteiger charge is 2.35. The van der Waals surface area contributed by atoms with E-state index in [0.29, 0.717) is 17.9 Å². The monoisotopic (exact) mass is 419 g/mol. The van der Waals surface area contributed by atoms with Gasteiger partial charge in [-0.05, 0) is 48.6 Å². The number of carbonyl (C=O) groups excluding carboxylic acids is 1. The van der Waals surface area contributed by atoms with Crippen LogP contribution in [-0.2, 0) is 26.6 Å². The van der Waals surface area contributed by atoms with Gasteiger partial charge in [0.25, 0.3) is 5.91 Å². The Kier molecular flexibility index (Phi) is 6.08. The largest absolute Gasteiger partial charge is 0.484 e. The van der Waals surface area contributed by atoms with Crippen molar-refractivity contribution in [2.24, 2.45) is 0 Å². The van der Waals surface area contributed by atoms with Crippen molar-refractivity contribution in [3.8, 4) is 5.75 Å². The van der Waals surface area contributed by atoms with Gasteiger partial charge in [-0.1, -0.05) is 32.9 Å². The minimum absolute atomic E-state index is 0.0152. The molecule has 0 saturated carbocycles. The molecule has 2 heterocycles. The molecule has 0 N–H and O–H groups in total. The molecule has 1 aromatic carbocycles. The average Bonchev–Trinajstić information content (AvgIpc) is 3.22. The van der Waals surface area contributed by atoms with Crippen LogP contribution in [0.4, 0.5) is 0 Å². The Balaban J connectivity index is 1.69.